The Kier molecular flexibility index (Phi) is 3.96. The molecule has 0 bridgehead atoms. The standard InChI is InChI=1S/C16H14N5O3S/c1-24-13-5-3-2-4-12(13)14-17-18-16-20(14)19-15(25-16)10-6-8-11(9-7-10)21(22)23/h2-9,15,19,22H,1H3/q-1/t15-/m1/s1. The van der Waals surface area contributed by atoms with Crippen molar-refractivity contribution in [2.45, 2.75) is 10.5 Å². The first-order valence-corrected chi connectivity index (χ1v) is 8.33. The van der Waals surface area contributed by atoms with Gasteiger partial charge >= 0.3 is 0 Å². The van der Waals surface area contributed by atoms with Crippen LogP contribution in [0, 0.1) is 5.21 Å². The van der Waals surface area contributed by atoms with Crippen LogP contribution < -0.4 is 15.4 Å². The number of methoxy groups -OCH3 is 1. The summed E-state index contributed by atoms with van der Waals surface area (Å²) in [7, 11) is 1.62. The number of benzene rings is 2. The Hall–Kier alpha value is -2.75. The van der Waals surface area contributed by atoms with Gasteiger partial charge in [-0.1, -0.05) is 36.0 Å². The average Bonchev–Trinajstić information content (AvgIpc) is 3.22. The van der Waals surface area contributed by atoms with Crippen LogP contribution in [-0.4, -0.2) is 27.2 Å². The number of ether oxygens (including phenoxy) is 1. The average molecular weight is 356 g/mol. The Bertz CT molecular complexity index is 897. The Morgan fingerprint density at radius 3 is 2.68 bits per heavy atom. The molecule has 4 rings (SSSR count). The van der Waals surface area contributed by atoms with Crippen LogP contribution in [0.5, 0.6) is 5.75 Å². The monoisotopic (exact) mass is 356 g/mol. The molecule has 0 spiro atoms. The van der Waals surface area contributed by atoms with Crippen molar-refractivity contribution in [1.82, 2.24) is 14.9 Å². The van der Waals surface area contributed by atoms with Crippen molar-refractivity contribution in [1.29, 1.82) is 0 Å². The zero-order valence-electron chi connectivity index (χ0n) is 13.2. The maximum absolute atomic E-state index is 10.9. The quantitative estimate of drug-likeness (QED) is 0.689. The number of nitrogens with zero attached hydrogens (tertiary/aromatic N) is 4. The number of anilines is 1. The molecule has 0 amide bonds. The van der Waals surface area contributed by atoms with E-state index in [1.54, 1.807) is 31.4 Å². The third-order valence-electron chi connectivity index (χ3n) is 3.87. The van der Waals surface area contributed by atoms with Gasteiger partial charge in [-0.15, -0.1) is 10.2 Å². The summed E-state index contributed by atoms with van der Waals surface area (Å²) in [6.45, 7) is 0. The first-order valence-electron chi connectivity index (χ1n) is 7.45. The smallest absolute Gasteiger partial charge is 0.212 e. The van der Waals surface area contributed by atoms with Gasteiger partial charge in [-0.3, -0.25) is 5.21 Å². The Balaban J connectivity index is 1.63. The molecule has 1 aromatic heterocycles. The molecule has 1 aliphatic rings. The minimum Gasteiger partial charge on any atom is -0.733 e. The highest BCUT2D eigenvalue weighted by atomic mass is 32.2. The second-order valence-electron chi connectivity index (χ2n) is 5.33. The van der Waals surface area contributed by atoms with Gasteiger partial charge in [0.15, 0.2) is 5.82 Å². The lowest BCUT2D eigenvalue weighted by Gasteiger charge is -2.22. The van der Waals surface area contributed by atoms with Gasteiger partial charge in [-0.2, -0.15) is 0 Å². The molecule has 0 unspecified atom stereocenters. The van der Waals surface area contributed by atoms with Crippen molar-refractivity contribution in [2.24, 2.45) is 0 Å². The molecule has 0 fully saturated rings. The topological polar surface area (TPSA) is 98.5 Å². The Morgan fingerprint density at radius 1 is 1.20 bits per heavy atom. The SMILES string of the molecule is COc1ccccc1-c1nnc2n1N[C@@H](c1ccc(N([O-])O)cc1)S2. The summed E-state index contributed by atoms with van der Waals surface area (Å²) >= 11 is 1.52. The third kappa shape index (κ3) is 2.78. The van der Waals surface area contributed by atoms with Crippen molar-refractivity contribution >= 4 is 17.4 Å². The van der Waals surface area contributed by atoms with E-state index in [0.29, 0.717) is 5.82 Å². The summed E-state index contributed by atoms with van der Waals surface area (Å²) < 4.78 is 7.23. The molecule has 2 aromatic carbocycles. The fourth-order valence-corrected chi connectivity index (χ4v) is 3.63. The molecule has 0 saturated heterocycles. The molecule has 0 saturated carbocycles. The van der Waals surface area contributed by atoms with Crippen LogP contribution in [0.4, 0.5) is 5.69 Å². The molecule has 0 aliphatic carbocycles. The zero-order chi connectivity index (χ0) is 17.4. The number of hydrogen-bond donors (Lipinski definition) is 2. The summed E-state index contributed by atoms with van der Waals surface area (Å²) in [5.41, 5.74) is 5.32. The Labute approximate surface area is 147 Å². The fraction of sp³-hybridized carbons (Fsp3) is 0.125. The Morgan fingerprint density at radius 2 is 1.96 bits per heavy atom. The predicted octanol–water partition coefficient (Wildman–Crippen LogP) is 3.00. The van der Waals surface area contributed by atoms with Crippen LogP contribution in [0.2, 0.25) is 0 Å². The second kappa shape index (κ2) is 6.28. The van der Waals surface area contributed by atoms with Crippen LogP contribution in [-0.2, 0) is 0 Å². The van der Waals surface area contributed by atoms with Gasteiger partial charge in [0.05, 0.1) is 18.4 Å². The third-order valence-corrected chi connectivity index (χ3v) is 4.96. The number of nitrogens with one attached hydrogen (secondary N) is 1. The van der Waals surface area contributed by atoms with E-state index >= 15 is 0 Å². The number of aromatic nitrogens is 3. The predicted molar refractivity (Wildman–Crippen MR) is 94.0 cm³/mol. The highest BCUT2D eigenvalue weighted by molar-refractivity contribution is 7.99. The molecule has 1 aliphatic heterocycles. The zero-order valence-corrected chi connectivity index (χ0v) is 14.0. The first kappa shape index (κ1) is 15.8. The van der Waals surface area contributed by atoms with E-state index in [0.717, 1.165) is 22.0 Å². The van der Waals surface area contributed by atoms with Crippen LogP contribution >= 0.6 is 11.8 Å². The first-order chi connectivity index (χ1) is 12.2. The normalized spacial score (nSPS) is 15.6. The molecule has 8 nitrogen and oxygen atoms in total. The van der Waals surface area contributed by atoms with E-state index < -0.39 is 0 Å². The highest BCUT2D eigenvalue weighted by Gasteiger charge is 2.29. The highest BCUT2D eigenvalue weighted by Crippen LogP contribution is 2.41. The van der Waals surface area contributed by atoms with E-state index in [9.17, 15) is 5.21 Å². The van der Waals surface area contributed by atoms with E-state index in [2.05, 4.69) is 15.6 Å². The van der Waals surface area contributed by atoms with Crippen LogP contribution in [0.1, 0.15) is 10.9 Å². The minimum absolute atomic E-state index is 0.0770. The fourth-order valence-electron chi connectivity index (χ4n) is 2.63. The summed E-state index contributed by atoms with van der Waals surface area (Å²) in [5.74, 6) is 1.39. The van der Waals surface area contributed by atoms with Crippen molar-refractivity contribution in [3.63, 3.8) is 0 Å². The molecule has 9 heteroatoms. The number of para-hydroxylation sites is 1. The van der Waals surface area contributed by atoms with E-state index in [4.69, 9.17) is 9.94 Å². The van der Waals surface area contributed by atoms with Crippen LogP contribution in [0.25, 0.3) is 11.4 Å². The van der Waals surface area contributed by atoms with Crippen LogP contribution in [0.15, 0.2) is 53.7 Å². The van der Waals surface area contributed by atoms with Crippen molar-refractivity contribution in [3.8, 4) is 17.1 Å². The number of fused-ring (bicyclic) bond motifs is 1. The molecule has 0 radical (unpaired) electrons. The molecule has 2 N–H and O–H groups in total. The maximum atomic E-state index is 10.9. The van der Waals surface area contributed by atoms with Gasteiger partial charge in [0, 0.05) is 0 Å². The number of hydrogen-bond acceptors (Lipinski definition) is 8. The molecule has 128 valence electrons. The summed E-state index contributed by atoms with van der Waals surface area (Å²) in [4.78, 5) is 0. The molecular formula is C16H14N5O3S-. The lowest BCUT2D eigenvalue weighted by Crippen LogP contribution is -2.14. The minimum atomic E-state index is -0.159. The van der Waals surface area contributed by atoms with Gasteiger partial charge in [0.1, 0.15) is 11.1 Å². The number of thioether (sulfide) groups is 1. The summed E-state index contributed by atoms with van der Waals surface area (Å²) in [6, 6.07) is 14.3. The molecule has 3 aromatic rings. The van der Waals surface area contributed by atoms with Crippen molar-refractivity contribution in [2.75, 3.05) is 17.8 Å². The van der Waals surface area contributed by atoms with Crippen LogP contribution in [0.3, 0.4) is 0 Å². The molecule has 25 heavy (non-hydrogen) atoms. The largest absolute Gasteiger partial charge is 0.733 e. The maximum Gasteiger partial charge on any atom is 0.212 e. The number of rotatable bonds is 4. The molecule has 2 heterocycles. The lowest BCUT2D eigenvalue weighted by atomic mass is 10.2. The van der Waals surface area contributed by atoms with E-state index in [1.807, 2.05) is 28.9 Å². The second-order valence-corrected chi connectivity index (χ2v) is 6.41. The van der Waals surface area contributed by atoms with E-state index in [-0.39, 0.29) is 16.3 Å². The van der Waals surface area contributed by atoms with Gasteiger partial charge in [-0.25, -0.2) is 4.68 Å². The van der Waals surface area contributed by atoms with Gasteiger partial charge in [-0.05, 0) is 29.8 Å². The molecule has 1 atom stereocenters. The summed E-state index contributed by atoms with van der Waals surface area (Å²) in [5, 5.41) is 28.8. The van der Waals surface area contributed by atoms with Gasteiger partial charge in [0.2, 0.25) is 5.16 Å². The van der Waals surface area contributed by atoms with Crippen molar-refractivity contribution < 1.29 is 9.94 Å². The van der Waals surface area contributed by atoms with E-state index in [1.165, 1.54) is 11.8 Å². The van der Waals surface area contributed by atoms with Gasteiger partial charge in [0.25, 0.3) is 0 Å². The van der Waals surface area contributed by atoms with Gasteiger partial charge < -0.3 is 20.6 Å². The molecular weight excluding hydrogens is 342 g/mol. The lowest BCUT2D eigenvalue weighted by molar-refractivity contribution is 0.296. The summed E-state index contributed by atoms with van der Waals surface area (Å²) in [6.07, 6.45) is 0. The van der Waals surface area contributed by atoms with Crippen molar-refractivity contribution in [3.05, 3.63) is 59.3 Å².